The van der Waals surface area contributed by atoms with Gasteiger partial charge in [0, 0.05) is 12.0 Å². The van der Waals surface area contributed by atoms with Crippen molar-refractivity contribution in [1.29, 1.82) is 0 Å². The quantitative estimate of drug-likeness (QED) is 0.582. The molecule has 0 fully saturated rings. The van der Waals surface area contributed by atoms with Crippen molar-refractivity contribution in [3.05, 3.63) is 53.1 Å². The molecule has 0 aliphatic carbocycles. The predicted octanol–water partition coefficient (Wildman–Crippen LogP) is 1.32. The highest BCUT2D eigenvalue weighted by Crippen LogP contribution is 2.26. The molecule has 2 N–H and O–H groups in total. The number of benzene rings is 2. The number of rotatable bonds is 6. The van der Waals surface area contributed by atoms with Gasteiger partial charge in [0.15, 0.2) is 12.4 Å². The van der Waals surface area contributed by atoms with E-state index in [1.54, 1.807) is 18.2 Å². The van der Waals surface area contributed by atoms with Crippen LogP contribution in [0.4, 0.5) is 0 Å². The van der Waals surface area contributed by atoms with Gasteiger partial charge in [0.1, 0.15) is 17.1 Å². The molecule has 0 aromatic heterocycles. The summed E-state index contributed by atoms with van der Waals surface area (Å²) >= 11 is 0. The molecular formula is C18H17NO7S. The van der Waals surface area contributed by atoms with Crippen LogP contribution in [0.25, 0.3) is 0 Å². The number of primary sulfonamides is 1. The third kappa shape index (κ3) is 4.09. The lowest BCUT2D eigenvalue weighted by Gasteiger charge is -2.10. The van der Waals surface area contributed by atoms with Crippen LogP contribution < -0.4 is 14.6 Å². The lowest BCUT2D eigenvalue weighted by molar-refractivity contribution is 0.0471. The minimum absolute atomic E-state index is 0.106. The normalized spacial score (nSPS) is 12.8. The average molecular weight is 391 g/mol. The molecule has 3 rings (SSSR count). The second-order valence-corrected chi connectivity index (χ2v) is 7.39. The number of carbonyl (C=O) groups excluding carboxylic acids is 2. The van der Waals surface area contributed by atoms with Crippen molar-refractivity contribution < 1.29 is 32.2 Å². The van der Waals surface area contributed by atoms with Crippen LogP contribution in [-0.4, -0.2) is 40.5 Å². The first-order valence-corrected chi connectivity index (χ1v) is 9.51. The maximum Gasteiger partial charge on any atom is 0.342 e. The Kier molecular flexibility index (Phi) is 5.15. The number of carbonyl (C=O) groups is 2. The number of methoxy groups -OCH3 is 1. The van der Waals surface area contributed by atoms with Crippen LogP contribution in [0.2, 0.25) is 0 Å². The Morgan fingerprint density at radius 3 is 2.67 bits per heavy atom. The van der Waals surface area contributed by atoms with Gasteiger partial charge in [-0.1, -0.05) is 0 Å². The Bertz CT molecular complexity index is 1010. The first kappa shape index (κ1) is 18.9. The third-order valence-corrected chi connectivity index (χ3v) is 4.98. The molecule has 1 aliphatic heterocycles. The summed E-state index contributed by atoms with van der Waals surface area (Å²) in [7, 11) is -2.69. The van der Waals surface area contributed by atoms with E-state index in [-0.39, 0.29) is 22.0 Å². The molecule has 0 radical (unpaired) electrons. The molecule has 8 nitrogen and oxygen atoms in total. The number of ether oxygens (including phenoxy) is 3. The second-order valence-electron chi connectivity index (χ2n) is 5.83. The molecule has 1 heterocycles. The highest BCUT2D eigenvalue weighted by atomic mass is 32.2. The lowest BCUT2D eigenvalue weighted by atomic mass is 10.1. The number of sulfonamides is 1. The van der Waals surface area contributed by atoms with E-state index >= 15 is 0 Å². The first-order chi connectivity index (χ1) is 12.8. The Morgan fingerprint density at radius 1 is 1.19 bits per heavy atom. The fourth-order valence-corrected chi connectivity index (χ4v) is 3.22. The van der Waals surface area contributed by atoms with Gasteiger partial charge in [-0.25, -0.2) is 18.4 Å². The van der Waals surface area contributed by atoms with Gasteiger partial charge < -0.3 is 14.2 Å². The Labute approximate surface area is 155 Å². The van der Waals surface area contributed by atoms with Crippen LogP contribution in [0.1, 0.15) is 26.3 Å². The Morgan fingerprint density at radius 2 is 1.96 bits per heavy atom. The Hall–Kier alpha value is -2.91. The summed E-state index contributed by atoms with van der Waals surface area (Å²) in [6, 6.07) is 8.56. The monoisotopic (exact) mass is 391 g/mol. The predicted molar refractivity (Wildman–Crippen MR) is 94.6 cm³/mol. The molecule has 1 aliphatic rings. The summed E-state index contributed by atoms with van der Waals surface area (Å²) in [5, 5.41) is 5.08. The fourth-order valence-electron chi connectivity index (χ4n) is 2.68. The van der Waals surface area contributed by atoms with Gasteiger partial charge in [-0.3, -0.25) is 4.79 Å². The van der Waals surface area contributed by atoms with Crippen molar-refractivity contribution in [1.82, 2.24) is 0 Å². The van der Waals surface area contributed by atoms with E-state index in [0.29, 0.717) is 18.6 Å². The van der Waals surface area contributed by atoms with Crippen molar-refractivity contribution in [3.63, 3.8) is 0 Å². The summed E-state index contributed by atoms with van der Waals surface area (Å²) in [6.07, 6.45) is 0.716. The van der Waals surface area contributed by atoms with Gasteiger partial charge in [-0.05, 0) is 42.0 Å². The van der Waals surface area contributed by atoms with E-state index in [1.165, 1.54) is 19.2 Å². The van der Waals surface area contributed by atoms with E-state index in [9.17, 15) is 18.0 Å². The summed E-state index contributed by atoms with van der Waals surface area (Å²) in [5.41, 5.74) is 1.19. The number of hydrogen-bond acceptors (Lipinski definition) is 7. The van der Waals surface area contributed by atoms with E-state index in [0.717, 1.165) is 17.4 Å². The molecular weight excluding hydrogens is 374 g/mol. The standard InChI is InChI=1S/C18H17NO7S/c1-24-17-5-3-13(27(19,22)23)9-14(17)18(21)26-10-15(20)11-2-4-16-12(8-11)6-7-25-16/h2-5,8-9H,6-7,10H2,1H3,(H2,19,22,23). The second kappa shape index (κ2) is 7.37. The minimum Gasteiger partial charge on any atom is -0.496 e. The summed E-state index contributed by atoms with van der Waals surface area (Å²) in [6.45, 7) is 0.0728. The third-order valence-electron chi connectivity index (χ3n) is 4.07. The van der Waals surface area contributed by atoms with Crippen molar-refractivity contribution in [2.75, 3.05) is 20.3 Å². The molecule has 0 atom stereocenters. The SMILES string of the molecule is COc1ccc(S(N)(=O)=O)cc1C(=O)OCC(=O)c1ccc2c(c1)CCO2. The first-order valence-electron chi connectivity index (χ1n) is 7.96. The fraction of sp³-hybridized carbons (Fsp3) is 0.222. The van der Waals surface area contributed by atoms with Crippen molar-refractivity contribution in [3.8, 4) is 11.5 Å². The topological polar surface area (TPSA) is 122 Å². The van der Waals surface area contributed by atoms with Gasteiger partial charge in [0.25, 0.3) is 0 Å². The van der Waals surface area contributed by atoms with Crippen LogP contribution in [0.15, 0.2) is 41.3 Å². The van der Waals surface area contributed by atoms with Crippen LogP contribution in [0.5, 0.6) is 11.5 Å². The minimum atomic E-state index is -4.01. The number of Topliss-reactive ketones (excluding diaryl/α,β-unsaturated/α-hetero) is 1. The largest absolute Gasteiger partial charge is 0.496 e. The smallest absolute Gasteiger partial charge is 0.342 e. The maximum absolute atomic E-state index is 12.3. The number of fused-ring (bicyclic) bond motifs is 1. The highest BCUT2D eigenvalue weighted by molar-refractivity contribution is 7.89. The van der Waals surface area contributed by atoms with Crippen LogP contribution in [0, 0.1) is 0 Å². The van der Waals surface area contributed by atoms with E-state index in [4.69, 9.17) is 19.3 Å². The Balaban J connectivity index is 1.74. The number of esters is 1. The zero-order chi connectivity index (χ0) is 19.6. The van der Waals surface area contributed by atoms with Crippen LogP contribution >= 0.6 is 0 Å². The van der Waals surface area contributed by atoms with E-state index in [1.807, 2.05) is 0 Å². The summed E-state index contributed by atoms with van der Waals surface area (Å²) in [4.78, 5) is 24.3. The molecule has 0 spiro atoms. The maximum atomic E-state index is 12.3. The molecule has 27 heavy (non-hydrogen) atoms. The van der Waals surface area contributed by atoms with Crippen LogP contribution in [0.3, 0.4) is 0 Å². The zero-order valence-corrected chi connectivity index (χ0v) is 15.2. The van der Waals surface area contributed by atoms with Gasteiger partial charge in [-0.15, -0.1) is 0 Å². The molecule has 9 heteroatoms. The molecule has 0 bridgehead atoms. The lowest BCUT2D eigenvalue weighted by Crippen LogP contribution is -2.17. The highest BCUT2D eigenvalue weighted by Gasteiger charge is 2.20. The number of hydrogen-bond donors (Lipinski definition) is 1. The van der Waals surface area contributed by atoms with E-state index < -0.39 is 22.6 Å². The number of ketones is 1. The molecule has 2 aromatic carbocycles. The average Bonchev–Trinajstić information content (AvgIpc) is 3.12. The zero-order valence-electron chi connectivity index (χ0n) is 14.4. The molecule has 0 amide bonds. The van der Waals surface area contributed by atoms with E-state index in [2.05, 4.69) is 0 Å². The summed E-state index contributed by atoms with van der Waals surface area (Å²) in [5.74, 6) is -0.433. The van der Waals surface area contributed by atoms with Gasteiger partial charge in [0.2, 0.25) is 10.0 Å². The van der Waals surface area contributed by atoms with Gasteiger partial charge >= 0.3 is 5.97 Å². The van der Waals surface area contributed by atoms with Gasteiger partial charge in [0.05, 0.1) is 18.6 Å². The molecule has 0 saturated carbocycles. The molecule has 142 valence electrons. The van der Waals surface area contributed by atoms with Crippen molar-refractivity contribution >= 4 is 21.8 Å². The molecule has 2 aromatic rings. The molecule has 0 unspecified atom stereocenters. The van der Waals surface area contributed by atoms with Crippen molar-refractivity contribution in [2.45, 2.75) is 11.3 Å². The van der Waals surface area contributed by atoms with Crippen LogP contribution in [-0.2, 0) is 21.2 Å². The number of nitrogens with two attached hydrogens (primary N) is 1. The summed E-state index contributed by atoms with van der Waals surface area (Å²) < 4.78 is 38.4. The van der Waals surface area contributed by atoms with Gasteiger partial charge in [-0.2, -0.15) is 0 Å². The van der Waals surface area contributed by atoms with Crippen molar-refractivity contribution in [2.24, 2.45) is 5.14 Å². The molecule has 0 saturated heterocycles.